The Labute approximate surface area is 180 Å². The van der Waals surface area contributed by atoms with E-state index in [1.165, 1.54) is 0 Å². The van der Waals surface area contributed by atoms with Crippen molar-refractivity contribution >= 4 is 11.8 Å². The van der Waals surface area contributed by atoms with Gasteiger partial charge in [0.1, 0.15) is 11.8 Å². The molecule has 0 saturated carbocycles. The average Bonchev–Trinajstić information content (AvgIpc) is 2.73. The number of benzene rings is 2. The molecule has 1 atom stereocenters. The van der Waals surface area contributed by atoms with Crippen LogP contribution in [0.5, 0.6) is 5.75 Å². The molecular formula is C25H34N2O3. The van der Waals surface area contributed by atoms with Crippen molar-refractivity contribution < 1.29 is 14.3 Å². The molecule has 2 aromatic carbocycles. The first kappa shape index (κ1) is 23.5. The van der Waals surface area contributed by atoms with Gasteiger partial charge in [-0.2, -0.15) is 0 Å². The number of hydrogen-bond donors (Lipinski definition) is 1. The molecule has 0 aliphatic carbocycles. The van der Waals surface area contributed by atoms with Crippen molar-refractivity contribution in [2.24, 2.45) is 0 Å². The smallest absolute Gasteiger partial charge is 0.261 e. The van der Waals surface area contributed by atoms with Crippen molar-refractivity contribution in [1.82, 2.24) is 10.2 Å². The third-order valence-corrected chi connectivity index (χ3v) is 5.38. The predicted molar refractivity (Wildman–Crippen MR) is 121 cm³/mol. The van der Waals surface area contributed by atoms with E-state index < -0.39 is 6.04 Å². The van der Waals surface area contributed by atoms with Crippen molar-refractivity contribution in [3.63, 3.8) is 0 Å². The van der Waals surface area contributed by atoms with Gasteiger partial charge in [0, 0.05) is 13.1 Å². The summed E-state index contributed by atoms with van der Waals surface area (Å²) in [5.74, 6) is 0.337. The summed E-state index contributed by atoms with van der Waals surface area (Å²) in [5, 5.41) is 2.93. The van der Waals surface area contributed by atoms with Crippen LogP contribution >= 0.6 is 0 Å². The molecule has 0 unspecified atom stereocenters. The Morgan fingerprint density at radius 2 is 1.77 bits per heavy atom. The van der Waals surface area contributed by atoms with Crippen LogP contribution in [0.2, 0.25) is 0 Å². The lowest BCUT2D eigenvalue weighted by atomic mass is 10.1. The Balaban J connectivity index is 2.13. The molecule has 0 spiro atoms. The number of hydrogen-bond acceptors (Lipinski definition) is 3. The third-order valence-electron chi connectivity index (χ3n) is 5.38. The number of ether oxygens (including phenoxy) is 1. The highest BCUT2D eigenvalue weighted by molar-refractivity contribution is 5.88. The van der Waals surface area contributed by atoms with Crippen LogP contribution in [-0.4, -0.2) is 35.9 Å². The zero-order chi connectivity index (χ0) is 22.1. The molecule has 0 heterocycles. The third kappa shape index (κ3) is 6.61. The van der Waals surface area contributed by atoms with Crippen molar-refractivity contribution in [2.75, 3.05) is 13.2 Å². The number of nitrogens with one attached hydrogen (secondary N) is 1. The average molecular weight is 411 g/mol. The summed E-state index contributed by atoms with van der Waals surface area (Å²) < 4.78 is 5.82. The van der Waals surface area contributed by atoms with Crippen LogP contribution in [0, 0.1) is 20.8 Å². The van der Waals surface area contributed by atoms with Crippen LogP contribution in [0.25, 0.3) is 0 Å². The molecule has 2 rings (SSSR count). The Hall–Kier alpha value is -2.82. The lowest BCUT2D eigenvalue weighted by molar-refractivity contribution is -0.142. The second kappa shape index (κ2) is 11.4. The van der Waals surface area contributed by atoms with Gasteiger partial charge < -0.3 is 15.0 Å². The predicted octanol–water partition coefficient (Wildman–Crippen LogP) is 4.32. The number of carbonyl (C=O) groups is 2. The zero-order valence-corrected chi connectivity index (χ0v) is 18.8. The number of carbonyl (C=O) groups excluding carboxylic acids is 2. The molecule has 5 nitrogen and oxygen atoms in total. The van der Waals surface area contributed by atoms with E-state index in [1.54, 1.807) is 11.8 Å². The molecule has 0 aliphatic rings. The number of aryl methyl sites for hydroxylation is 2. The monoisotopic (exact) mass is 410 g/mol. The second-order valence-corrected chi connectivity index (χ2v) is 7.81. The van der Waals surface area contributed by atoms with Gasteiger partial charge in [0.05, 0.1) is 0 Å². The summed E-state index contributed by atoms with van der Waals surface area (Å²) in [5.41, 5.74) is 4.26. The lowest BCUT2D eigenvalue weighted by Gasteiger charge is -2.29. The SMILES string of the molecule is CCCCNC(=O)[C@H](C)N(Cc1ccc(C)cc1)C(=O)COc1cccc(C)c1C. The fourth-order valence-corrected chi connectivity index (χ4v) is 3.11. The molecule has 1 N–H and O–H groups in total. The molecule has 0 bridgehead atoms. The van der Waals surface area contributed by atoms with Crippen LogP contribution in [0.1, 0.15) is 48.9 Å². The lowest BCUT2D eigenvalue weighted by Crippen LogP contribution is -2.49. The van der Waals surface area contributed by atoms with E-state index in [9.17, 15) is 9.59 Å². The van der Waals surface area contributed by atoms with Crippen molar-refractivity contribution in [3.05, 3.63) is 64.7 Å². The van der Waals surface area contributed by atoms with Gasteiger partial charge in [0.15, 0.2) is 6.61 Å². The van der Waals surface area contributed by atoms with Crippen molar-refractivity contribution in [2.45, 2.75) is 60.0 Å². The number of rotatable bonds is 10. The molecule has 162 valence electrons. The van der Waals surface area contributed by atoms with E-state index in [-0.39, 0.29) is 18.4 Å². The maximum Gasteiger partial charge on any atom is 0.261 e. The first-order valence-electron chi connectivity index (χ1n) is 10.6. The standard InChI is InChI=1S/C25H34N2O3/c1-6-7-15-26-25(29)21(5)27(16-22-13-11-18(2)12-14-22)24(28)17-30-23-10-8-9-19(3)20(23)4/h8-14,21H,6-7,15-17H2,1-5H3,(H,26,29)/t21-/m0/s1. The van der Waals surface area contributed by atoms with E-state index in [2.05, 4.69) is 12.2 Å². The molecule has 0 aromatic heterocycles. The molecule has 0 radical (unpaired) electrons. The maximum atomic E-state index is 13.1. The summed E-state index contributed by atoms with van der Waals surface area (Å²) in [4.78, 5) is 27.3. The summed E-state index contributed by atoms with van der Waals surface area (Å²) in [6.07, 6.45) is 1.92. The minimum absolute atomic E-state index is 0.108. The molecule has 5 heteroatoms. The van der Waals surface area contributed by atoms with E-state index >= 15 is 0 Å². The maximum absolute atomic E-state index is 13.1. The number of amides is 2. The van der Waals surface area contributed by atoms with E-state index in [0.717, 1.165) is 35.1 Å². The fraction of sp³-hybridized carbons (Fsp3) is 0.440. The quantitative estimate of drug-likeness (QED) is 0.593. The first-order chi connectivity index (χ1) is 14.3. The highest BCUT2D eigenvalue weighted by Gasteiger charge is 2.26. The molecular weight excluding hydrogens is 376 g/mol. The number of nitrogens with zero attached hydrogens (tertiary/aromatic N) is 1. The van der Waals surface area contributed by atoms with Gasteiger partial charge in [0.2, 0.25) is 5.91 Å². The second-order valence-electron chi connectivity index (χ2n) is 7.81. The molecule has 2 aromatic rings. The zero-order valence-electron chi connectivity index (χ0n) is 18.8. The van der Waals surface area contributed by atoms with Crippen molar-refractivity contribution in [1.29, 1.82) is 0 Å². The van der Waals surface area contributed by atoms with Gasteiger partial charge in [-0.3, -0.25) is 9.59 Å². The van der Waals surface area contributed by atoms with Crippen LogP contribution in [-0.2, 0) is 16.1 Å². The Bertz CT molecular complexity index is 846. The fourth-order valence-electron chi connectivity index (χ4n) is 3.11. The van der Waals surface area contributed by atoms with E-state index in [0.29, 0.717) is 18.8 Å². The van der Waals surface area contributed by atoms with Crippen molar-refractivity contribution in [3.8, 4) is 5.75 Å². The first-order valence-corrected chi connectivity index (χ1v) is 10.6. The molecule has 0 saturated heterocycles. The number of unbranched alkanes of at least 4 members (excludes halogenated alkanes) is 1. The van der Waals surface area contributed by atoms with E-state index in [4.69, 9.17) is 4.74 Å². The Kier molecular flexibility index (Phi) is 8.90. The van der Waals surface area contributed by atoms with Crippen LogP contribution in [0.3, 0.4) is 0 Å². The van der Waals surface area contributed by atoms with Gasteiger partial charge >= 0.3 is 0 Å². The van der Waals surface area contributed by atoms with Gasteiger partial charge in [-0.1, -0.05) is 55.3 Å². The molecule has 0 aliphatic heterocycles. The minimum Gasteiger partial charge on any atom is -0.483 e. The van der Waals surface area contributed by atoms with E-state index in [1.807, 2.05) is 63.2 Å². The summed E-state index contributed by atoms with van der Waals surface area (Å²) in [7, 11) is 0. The highest BCUT2D eigenvalue weighted by Crippen LogP contribution is 2.21. The Morgan fingerprint density at radius 1 is 1.07 bits per heavy atom. The van der Waals surface area contributed by atoms with Crippen LogP contribution in [0.4, 0.5) is 0 Å². The molecule has 30 heavy (non-hydrogen) atoms. The summed E-state index contributed by atoms with van der Waals surface area (Å²) in [6.45, 7) is 10.7. The summed E-state index contributed by atoms with van der Waals surface area (Å²) >= 11 is 0. The van der Waals surface area contributed by atoms with Crippen LogP contribution < -0.4 is 10.1 Å². The van der Waals surface area contributed by atoms with Gasteiger partial charge in [-0.15, -0.1) is 0 Å². The normalized spacial score (nSPS) is 11.6. The molecule has 2 amide bonds. The van der Waals surface area contributed by atoms with Gasteiger partial charge in [-0.05, 0) is 56.9 Å². The van der Waals surface area contributed by atoms with Gasteiger partial charge in [0.25, 0.3) is 5.91 Å². The summed E-state index contributed by atoms with van der Waals surface area (Å²) in [6, 6.07) is 13.2. The topological polar surface area (TPSA) is 58.6 Å². The minimum atomic E-state index is -0.585. The van der Waals surface area contributed by atoms with Gasteiger partial charge in [-0.25, -0.2) is 0 Å². The Morgan fingerprint density at radius 3 is 2.43 bits per heavy atom. The van der Waals surface area contributed by atoms with Crippen LogP contribution in [0.15, 0.2) is 42.5 Å². The largest absolute Gasteiger partial charge is 0.483 e. The highest BCUT2D eigenvalue weighted by atomic mass is 16.5. The molecule has 0 fully saturated rings.